The molecule has 0 unspecified atom stereocenters. The first-order chi connectivity index (χ1) is 33.5. The van der Waals surface area contributed by atoms with Crippen LogP contribution < -0.4 is 30.7 Å². The maximum Gasteiger partial charge on any atom is 0.416 e. The summed E-state index contributed by atoms with van der Waals surface area (Å²) < 4.78 is 52.7. The van der Waals surface area contributed by atoms with Gasteiger partial charge < -0.3 is 35.2 Å². The molecule has 374 valence electrons. The first-order valence-electron chi connectivity index (χ1n) is 24.5. The van der Waals surface area contributed by atoms with E-state index in [0.717, 1.165) is 70.3 Å². The van der Waals surface area contributed by atoms with Crippen molar-refractivity contribution in [1.29, 1.82) is 0 Å². The van der Waals surface area contributed by atoms with Gasteiger partial charge in [0, 0.05) is 93.7 Å². The van der Waals surface area contributed by atoms with Gasteiger partial charge in [0.1, 0.15) is 17.7 Å². The SMILES string of the molecule is COc1cc2nc(C)nc(NCc3cc(N)cc(C(F)(F)F)c3)c2cc1OC1CCN(C(=O)C2CCN(CC3CCC4(CC3)CCN(C(=O)c3ccc(Cl)c(N5CCC(=O)NC5=O)c3)CC4)CC2)CC1. The number of nitrogens with two attached hydrogens (primary N) is 1. The van der Waals surface area contributed by atoms with Gasteiger partial charge in [0.2, 0.25) is 11.8 Å². The monoisotopic (exact) mass is 987 g/mol. The number of urea groups is 1. The standard InChI is InChI=1S/C51H61ClF3N9O6/c1-31-58-41-28-43(69-2)44(27-39(41)46(59-31)57-29-33-23-36(51(53,54)55)26-37(56)24-33)70-38-9-18-62(19-10-38)47(66)34-7-16-61(17-8-34)30-32-5-12-50(13-6-32)14-21-63(22-15-50)48(67)35-3-4-40(52)42(25-35)64-20-11-45(65)60-49(64)68/h3-4,23-28,32,34,38H,5-22,29-30,56H2,1-2H3,(H,57,58,59)(H,60,65,68). The number of halogens is 4. The van der Waals surface area contributed by atoms with Crippen molar-refractivity contribution in [2.75, 3.05) is 75.4 Å². The van der Waals surface area contributed by atoms with Crippen LogP contribution in [-0.2, 0) is 22.3 Å². The average Bonchev–Trinajstić information content (AvgIpc) is 3.34. The van der Waals surface area contributed by atoms with Crippen molar-refractivity contribution in [2.24, 2.45) is 17.3 Å². The Hall–Kier alpha value is -5.88. The molecule has 5 aliphatic rings. The van der Waals surface area contributed by atoms with E-state index >= 15 is 0 Å². The number of aryl methyl sites for hydroxylation is 1. The van der Waals surface area contributed by atoms with E-state index < -0.39 is 17.8 Å². The number of piperidine rings is 3. The van der Waals surface area contributed by atoms with Crippen molar-refractivity contribution in [3.8, 4) is 11.5 Å². The summed E-state index contributed by atoms with van der Waals surface area (Å²) in [6.07, 6.45) is 5.09. The number of benzene rings is 3. The number of fused-ring (bicyclic) bond motifs is 1. The van der Waals surface area contributed by atoms with Crippen molar-refractivity contribution >= 4 is 63.4 Å². The fourth-order valence-corrected chi connectivity index (χ4v) is 11.4. The second kappa shape index (κ2) is 20.5. The molecule has 0 radical (unpaired) electrons. The lowest BCUT2D eigenvalue weighted by molar-refractivity contribution is -0.139. The Balaban J connectivity index is 0.712. The molecule has 1 aromatic heterocycles. The van der Waals surface area contributed by atoms with Crippen LogP contribution in [0.2, 0.25) is 5.02 Å². The maximum atomic E-state index is 13.8. The molecule has 5 heterocycles. The second-order valence-corrected chi connectivity index (χ2v) is 20.2. The molecule has 4 saturated heterocycles. The molecule has 70 heavy (non-hydrogen) atoms. The van der Waals surface area contributed by atoms with Crippen LogP contribution in [0.4, 0.5) is 35.2 Å². The number of nitrogens with one attached hydrogen (secondary N) is 2. The molecular weight excluding hydrogens is 927 g/mol. The Morgan fingerprint density at radius 1 is 0.871 bits per heavy atom. The molecule has 0 bridgehead atoms. The zero-order valence-electron chi connectivity index (χ0n) is 39.7. The quantitative estimate of drug-likeness (QED) is 0.123. The normalized spacial score (nSPS) is 19.9. The number of likely N-dealkylation sites (tertiary alicyclic amines) is 3. The number of methoxy groups -OCH3 is 1. The van der Waals surface area contributed by atoms with E-state index in [1.165, 1.54) is 23.8 Å². The summed E-state index contributed by atoms with van der Waals surface area (Å²) in [4.78, 5) is 68.6. The summed E-state index contributed by atoms with van der Waals surface area (Å²) in [5, 5.41) is 6.47. The number of carbonyl (C=O) groups excluding carboxylic acids is 4. The minimum Gasteiger partial charge on any atom is -0.493 e. The molecule has 5 fully saturated rings. The highest BCUT2D eigenvalue weighted by molar-refractivity contribution is 6.34. The Bertz CT molecular complexity index is 2620. The molecule has 4 N–H and O–H groups in total. The summed E-state index contributed by atoms with van der Waals surface area (Å²) in [6, 6.07) is 11.5. The Labute approximate surface area is 410 Å². The van der Waals surface area contributed by atoms with Crippen molar-refractivity contribution in [3.05, 3.63) is 76.1 Å². The lowest BCUT2D eigenvalue weighted by Gasteiger charge is -2.47. The van der Waals surface area contributed by atoms with Crippen LogP contribution in [0, 0.1) is 24.2 Å². The van der Waals surface area contributed by atoms with Crippen molar-refractivity contribution in [1.82, 2.24) is 30.0 Å². The van der Waals surface area contributed by atoms with Gasteiger partial charge in [-0.25, -0.2) is 14.8 Å². The van der Waals surface area contributed by atoms with Gasteiger partial charge in [0.25, 0.3) is 5.91 Å². The van der Waals surface area contributed by atoms with Gasteiger partial charge in [-0.15, -0.1) is 0 Å². The van der Waals surface area contributed by atoms with Crippen LogP contribution in [0.1, 0.15) is 97.9 Å². The predicted molar refractivity (Wildman–Crippen MR) is 260 cm³/mol. The third kappa shape index (κ3) is 11.0. The van der Waals surface area contributed by atoms with Crippen molar-refractivity contribution < 1.29 is 41.8 Å². The predicted octanol–water partition coefficient (Wildman–Crippen LogP) is 8.45. The minimum absolute atomic E-state index is 0.00739. The number of hydrogen-bond acceptors (Lipinski definition) is 11. The zero-order valence-corrected chi connectivity index (χ0v) is 40.5. The molecule has 4 aliphatic heterocycles. The van der Waals surface area contributed by atoms with Crippen molar-refractivity contribution in [3.63, 3.8) is 0 Å². The molecule has 4 aromatic rings. The van der Waals surface area contributed by atoms with E-state index in [0.29, 0.717) is 101 Å². The first kappa shape index (κ1) is 49.1. The van der Waals surface area contributed by atoms with E-state index in [9.17, 15) is 32.3 Å². The molecule has 5 amide bonds. The number of nitrogens with zero attached hydrogens (tertiary/aromatic N) is 6. The Kier molecular flexibility index (Phi) is 14.4. The van der Waals surface area contributed by atoms with Crippen LogP contribution in [-0.4, -0.2) is 114 Å². The lowest BCUT2D eigenvalue weighted by atomic mass is 9.65. The second-order valence-electron chi connectivity index (χ2n) is 19.8. The number of imide groups is 1. The fraction of sp³-hybridized carbons (Fsp3) is 0.529. The van der Waals surface area contributed by atoms with Crippen LogP contribution in [0.15, 0.2) is 48.5 Å². The number of rotatable bonds is 11. The summed E-state index contributed by atoms with van der Waals surface area (Å²) in [5.74, 6) is 2.35. The fourth-order valence-electron chi connectivity index (χ4n) is 11.2. The topological polar surface area (TPSA) is 176 Å². The molecule has 1 aliphatic carbocycles. The first-order valence-corrected chi connectivity index (χ1v) is 24.9. The number of amides is 5. The van der Waals surface area contributed by atoms with E-state index in [4.69, 9.17) is 26.8 Å². The number of carbonyl (C=O) groups is 4. The van der Waals surface area contributed by atoms with Crippen LogP contribution in [0.25, 0.3) is 10.9 Å². The van der Waals surface area contributed by atoms with Gasteiger partial charge in [-0.2, -0.15) is 13.2 Å². The van der Waals surface area contributed by atoms with Gasteiger partial charge in [0.05, 0.1) is 28.9 Å². The maximum absolute atomic E-state index is 13.8. The summed E-state index contributed by atoms with van der Waals surface area (Å²) in [5.41, 5.74) is 7.11. The molecule has 19 heteroatoms. The molecule has 3 aromatic carbocycles. The van der Waals surface area contributed by atoms with Gasteiger partial charge in [0.15, 0.2) is 11.5 Å². The summed E-state index contributed by atoms with van der Waals surface area (Å²) >= 11 is 6.44. The van der Waals surface area contributed by atoms with E-state index in [1.54, 1.807) is 44.4 Å². The van der Waals surface area contributed by atoms with E-state index in [2.05, 4.69) is 25.5 Å². The molecule has 1 saturated carbocycles. The number of hydrogen-bond donors (Lipinski definition) is 3. The highest BCUT2D eigenvalue weighted by Gasteiger charge is 2.41. The van der Waals surface area contributed by atoms with E-state index in [-0.39, 0.29) is 60.4 Å². The highest BCUT2D eigenvalue weighted by Crippen LogP contribution is 2.47. The number of ether oxygens (including phenoxy) is 2. The minimum atomic E-state index is -4.53. The van der Waals surface area contributed by atoms with Crippen LogP contribution in [0.5, 0.6) is 11.5 Å². The summed E-state index contributed by atoms with van der Waals surface area (Å²) in [7, 11) is 1.56. The summed E-state index contributed by atoms with van der Waals surface area (Å²) in [6.45, 7) is 7.45. The Morgan fingerprint density at radius 3 is 2.29 bits per heavy atom. The lowest BCUT2D eigenvalue weighted by Crippen LogP contribution is -2.49. The number of anilines is 3. The number of nitrogen functional groups attached to an aromatic ring is 1. The van der Waals surface area contributed by atoms with Gasteiger partial charge in [-0.3, -0.25) is 24.6 Å². The van der Waals surface area contributed by atoms with Gasteiger partial charge >= 0.3 is 12.2 Å². The Morgan fingerprint density at radius 2 is 1.60 bits per heavy atom. The molecule has 15 nitrogen and oxygen atoms in total. The third-order valence-electron chi connectivity index (χ3n) is 15.2. The molecule has 1 spiro atoms. The highest BCUT2D eigenvalue weighted by atomic mass is 35.5. The number of aromatic nitrogens is 2. The smallest absolute Gasteiger partial charge is 0.416 e. The zero-order chi connectivity index (χ0) is 49.3. The van der Waals surface area contributed by atoms with Crippen molar-refractivity contribution in [2.45, 2.75) is 96.4 Å². The van der Waals surface area contributed by atoms with Crippen LogP contribution in [0.3, 0.4) is 0 Å². The average molecular weight is 989 g/mol. The molecule has 0 atom stereocenters. The third-order valence-corrected chi connectivity index (χ3v) is 15.5. The largest absolute Gasteiger partial charge is 0.493 e. The molecule has 9 rings (SSSR count). The van der Waals surface area contributed by atoms with Gasteiger partial charge in [-0.1, -0.05) is 11.6 Å². The van der Waals surface area contributed by atoms with E-state index in [1.807, 2.05) is 9.80 Å². The molecular formula is C51H61ClF3N9O6. The van der Waals surface area contributed by atoms with Gasteiger partial charge in [-0.05, 0) is 131 Å². The van der Waals surface area contributed by atoms with Crippen LogP contribution >= 0.6 is 11.6 Å². The number of alkyl halides is 3.